The zero-order valence-electron chi connectivity index (χ0n) is 17.4. The summed E-state index contributed by atoms with van der Waals surface area (Å²) in [5, 5.41) is 2.72. The fourth-order valence-electron chi connectivity index (χ4n) is 3.41. The molecule has 0 aliphatic heterocycles. The first-order valence-corrected chi connectivity index (χ1v) is 10.1. The molecule has 4 rings (SSSR count). The molecule has 0 unspecified atom stereocenters. The minimum absolute atomic E-state index is 0.0711. The molecular weight excluding hydrogens is 411 g/mol. The number of carbonyl (C=O) groups is 1. The highest BCUT2D eigenvalue weighted by molar-refractivity contribution is 5.79. The van der Waals surface area contributed by atoms with Gasteiger partial charge in [0, 0.05) is 12.7 Å². The number of pyridine rings is 1. The Bertz CT molecular complexity index is 1390. The van der Waals surface area contributed by atoms with Gasteiger partial charge in [0.25, 0.3) is 5.56 Å². The van der Waals surface area contributed by atoms with E-state index in [9.17, 15) is 18.8 Å². The predicted molar refractivity (Wildman–Crippen MR) is 119 cm³/mol. The summed E-state index contributed by atoms with van der Waals surface area (Å²) < 4.78 is 15.4. The molecule has 2 aromatic heterocycles. The predicted octanol–water partition coefficient (Wildman–Crippen LogP) is 2.37. The third kappa shape index (κ3) is 4.49. The molecular formula is C24H21FN4O3. The van der Waals surface area contributed by atoms with E-state index in [1.54, 1.807) is 24.3 Å². The molecule has 4 aromatic rings. The Hall–Kier alpha value is -4.07. The van der Waals surface area contributed by atoms with Crippen LogP contribution in [0.15, 0.2) is 76.4 Å². The van der Waals surface area contributed by atoms with Crippen LogP contribution in [0, 0.1) is 12.7 Å². The molecule has 2 heterocycles. The number of fused-ring (bicyclic) bond motifs is 1. The van der Waals surface area contributed by atoms with Crippen LogP contribution in [0.3, 0.4) is 0 Å². The summed E-state index contributed by atoms with van der Waals surface area (Å²) in [4.78, 5) is 42.9. The Morgan fingerprint density at radius 1 is 0.969 bits per heavy atom. The van der Waals surface area contributed by atoms with E-state index in [0.717, 1.165) is 21.3 Å². The summed E-state index contributed by atoms with van der Waals surface area (Å²) in [6, 6.07) is 16.5. The molecule has 0 aliphatic rings. The van der Waals surface area contributed by atoms with Crippen LogP contribution in [0.2, 0.25) is 0 Å². The summed E-state index contributed by atoms with van der Waals surface area (Å²) in [5.41, 5.74) is 1.89. The van der Waals surface area contributed by atoms with Crippen molar-refractivity contribution in [1.82, 2.24) is 19.4 Å². The zero-order chi connectivity index (χ0) is 22.7. The lowest BCUT2D eigenvalue weighted by atomic mass is 10.1. The second-order valence-electron chi connectivity index (χ2n) is 7.52. The maximum absolute atomic E-state index is 13.2. The second kappa shape index (κ2) is 8.97. The van der Waals surface area contributed by atoms with E-state index in [1.165, 1.54) is 22.9 Å². The molecule has 0 radical (unpaired) electrons. The molecule has 2 aromatic carbocycles. The van der Waals surface area contributed by atoms with Crippen LogP contribution < -0.4 is 16.6 Å². The van der Waals surface area contributed by atoms with E-state index in [4.69, 9.17) is 0 Å². The van der Waals surface area contributed by atoms with Crippen LogP contribution in [0.4, 0.5) is 4.39 Å². The van der Waals surface area contributed by atoms with E-state index in [-0.39, 0.29) is 31.0 Å². The number of hydrogen-bond donors (Lipinski definition) is 1. The molecule has 8 heteroatoms. The number of hydrogen-bond acceptors (Lipinski definition) is 4. The Labute approximate surface area is 182 Å². The van der Waals surface area contributed by atoms with E-state index >= 15 is 0 Å². The number of nitrogens with one attached hydrogen (secondary N) is 1. The summed E-state index contributed by atoms with van der Waals surface area (Å²) >= 11 is 0. The molecule has 0 saturated carbocycles. The van der Waals surface area contributed by atoms with Crippen LogP contribution in [-0.2, 0) is 24.4 Å². The van der Waals surface area contributed by atoms with Gasteiger partial charge in [-0.2, -0.15) is 0 Å². The summed E-state index contributed by atoms with van der Waals surface area (Å²) in [5.74, 6) is -0.774. The van der Waals surface area contributed by atoms with Gasteiger partial charge in [-0.1, -0.05) is 42.0 Å². The Balaban J connectivity index is 1.66. The Kier molecular flexibility index (Phi) is 5.93. The lowest BCUT2D eigenvalue weighted by molar-refractivity contribution is -0.121. The van der Waals surface area contributed by atoms with Crippen molar-refractivity contribution >= 4 is 16.9 Å². The lowest BCUT2D eigenvalue weighted by Crippen LogP contribution is -2.43. The highest BCUT2D eigenvalue weighted by Gasteiger charge is 2.16. The first-order valence-electron chi connectivity index (χ1n) is 10.1. The van der Waals surface area contributed by atoms with Crippen molar-refractivity contribution in [1.29, 1.82) is 0 Å². The maximum Gasteiger partial charge on any atom is 0.332 e. The first kappa shape index (κ1) is 21.2. The van der Waals surface area contributed by atoms with Gasteiger partial charge in [0.05, 0.1) is 12.1 Å². The largest absolute Gasteiger partial charge is 0.350 e. The molecule has 0 aliphatic carbocycles. The lowest BCUT2D eigenvalue weighted by Gasteiger charge is -2.14. The molecule has 32 heavy (non-hydrogen) atoms. The van der Waals surface area contributed by atoms with Crippen LogP contribution in [0.25, 0.3) is 11.0 Å². The minimum Gasteiger partial charge on any atom is -0.350 e. The molecule has 162 valence electrons. The number of halogens is 1. The van der Waals surface area contributed by atoms with E-state index in [1.807, 2.05) is 31.2 Å². The fourth-order valence-corrected chi connectivity index (χ4v) is 3.41. The van der Waals surface area contributed by atoms with Crippen molar-refractivity contribution in [3.05, 3.63) is 110 Å². The standard InChI is InChI=1S/C24H21FN4O3/c1-16-4-6-18(7-5-16)14-29-23(31)22-20(3-2-12-26-22)28(24(29)32)15-21(30)27-13-17-8-10-19(25)11-9-17/h2-12H,13-15H2,1H3,(H,27,30). The highest BCUT2D eigenvalue weighted by Crippen LogP contribution is 2.08. The van der Waals surface area contributed by atoms with Crippen LogP contribution >= 0.6 is 0 Å². The molecule has 0 bridgehead atoms. The SMILES string of the molecule is Cc1ccc(Cn2c(=O)c3ncccc3n(CC(=O)NCc3ccc(F)cc3)c2=O)cc1. The Morgan fingerprint density at radius 3 is 2.38 bits per heavy atom. The second-order valence-corrected chi connectivity index (χ2v) is 7.52. The van der Waals surface area contributed by atoms with Gasteiger partial charge in [0.1, 0.15) is 12.4 Å². The number of amides is 1. The van der Waals surface area contributed by atoms with E-state index in [2.05, 4.69) is 10.3 Å². The summed E-state index contributed by atoms with van der Waals surface area (Å²) in [6.45, 7) is 1.93. The third-order valence-corrected chi connectivity index (χ3v) is 5.15. The summed E-state index contributed by atoms with van der Waals surface area (Å²) in [7, 11) is 0. The normalized spacial score (nSPS) is 10.9. The average Bonchev–Trinajstić information content (AvgIpc) is 2.80. The number of aromatic nitrogens is 3. The summed E-state index contributed by atoms with van der Waals surface area (Å²) in [6.07, 6.45) is 1.48. The zero-order valence-corrected chi connectivity index (χ0v) is 17.4. The molecule has 7 nitrogen and oxygen atoms in total. The fraction of sp³-hybridized carbons (Fsp3) is 0.167. The van der Waals surface area contributed by atoms with Crippen molar-refractivity contribution in [3.8, 4) is 0 Å². The van der Waals surface area contributed by atoms with Gasteiger partial charge in [-0.3, -0.25) is 18.7 Å². The topological polar surface area (TPSA) is 86.0 Å². The molecule has 1 N–H and O–H groups in total. The number of benzene rings is 2. The molecule has 0 fully saturated rings. The molecule has 0 spiro atoms. The van der Waals surface area contributed by atoms with Gasteiger partial charge in [-0.15, -0.1) is 0 Å². The van der Waals surface area contributed by atoms with Gasteiger partial charge in [0.2, 0.25) is 5.91 Å². The van der Waals surface area contributed by atoms with Crippen LogP contribution in [0.5, 0.6) is 0 Å². The van der Waals surface area contributed by atoms with Crippen LogP contribution in [-0.4, -0.2) is 20.0 Å². The van der Waals surface area contributed by atoms with Crippen molar-refractivity contribution in [3.63, 3.8) is 0 Å². The van der Waals surface area contributed by atoms with Crippen molar-refractivity contribution < 1.29 is 9.18 Å². The highest BCUT2D eigenvalue weighted by atomic mass is 19.1. The van der Waals surface area contributed by atoms with Crippen LogP contribution in [0.1, 0.15) is 16.7 Å². The minimum atomic E-state index is -0.590. The van der Waals surface area contributed by atoms with Gasteiger partial charge < -0.3 is 5.32 Å². The monoisotopic (exact) mass is 432 g/mol. The number of nitrogens with zero attached hydrogens (tertiary/aromatic N) is 3. The number of aryl methyl sites for hydroxylation is 1. The van der Waals surface area contributed by atoms with Crippen molar-refractivity contribution in [2.75, 3.05) is 0 Å². The van der Waals surface area contributed by atoms with E-state index in [0.29, 0.717) is 5.52 Å². The molecule has 1 amide bonds. The van der Waals surface area contributed by atoms with E-state index < -0.39 is 17.2 Å². The van der Waals surface area contributed by atoms with Gasteiger partial charge in [-0.25, -0.2) is 14.2 Å². The van der Waals surface area contributed by atoms with Gasteiger partial charge in [0.15, 0.2) is 5.52 Å². The van der Waals surface area contributed by atoms with Gasteiger partial charge >= 0.3 is 5.69 Å². The number of rotatable bonds is 6. The quantitative estimate of drug-likeness (QED) is 0.507. The Morgan fingerprint density at radius 2 is 1.66 bits per heavy atom. The molecule has 0 saturated heterocycles. The first-order chi connectivity index (χ1) is 15.4. The van der Waals surface area contributed by atoms with Crippen molar-refractivity contribution in [2.45, 2.75) is 26.6 Å². The maximum atomic E-state index is 13.2. The molecule has 0 atom stereocenters. The average molecular weight is 432 g/mol. The number of carbonyl (C=O) groups excluding carboxylic acids is 1. The third-order valence-electron chi connectivity index (χ3n) is 5.15. The van der Waals surface area contributed by atoms with Crippen molar-refractivity contribution in [2.24, 2.45) is 0 Å². The van der Waals surface area contributed by atoms with Gasteiger partial charge in [-0.05, 0) is 42.3 Å². The smallest absolute Gasteiger partial charge is 0.332 e.